The molecule has 2 aromatic carbocycles. The van der Waals surface area contributed by atoms with Crippen LogP contribution in [0.3, 0.4) is 0 Å². The lowest BCUT2D eigenvalue weighted by molar-refractivity contribution is 0.102. The van der Waals surface area contributed by atoms with Crippen molar-refractivity contribution in [3.63, 3.8) is 0 Å². The van der Waals surface area contributed by atoms with Crippen LogP contribution in [0, 0.1) is 0 Å². The Morgan fingerprint density at radius 1 is 1.00 bits per heavy atom. The summed E-state index contributed by atoms with van der Waals surface area (Å²) < 4.78 is 27.1. The van der Waals surface area contributed by atoms with E-state index < -0.39 is 10.0 Å². The lowest BCUT2D eigenvalue weighted by Crippen LogP contribution is -2.14. The van der Waals surface area contributed by atoms with Crippen LogP contribution in [-0.2, 0) is 10.0 Å². The quantitative estimate of drug-likeness (QED) is 0.732. The van der Waals surface area contributed by atoms with Crippen molar-refractivity contribution < 1.29 is 13.2 Å². The van der Waals surface area contributed by atoms with Crippen molar-refractivity contribution in [1.29, 1.82) is 0 Å². The summed E-state index contributed by atoms with van der Waals surface area (Å²) in [6.07, 6.45) is 1.59. The Kier molecular flexibility index (Phi) is 4.59. The van der Waals surface area contributed by atoms with E-state index in [2.05, 4.69) is 15.0 Å². The number of para-hydroxylation sites is 1. The molecule has 2 N–H and O–H groups in total. The molecule has 8 heteroatoms. The maximum atomic E-state index is 12.3. The van der Waals surface area contributed by atoms with E-state index in [1.807, 2.05) is 0 Å². The van der Waals surface area contributed by atoms with Gasteiger partial charge in [-0.05, 0) is 36.4 Å². The molecule has 1 aromatic heterocycles. The molecule has 6 nitrogen and oxygen atoms in total. The summed E-state index contributed by atoms with van der Waals surface area (Å²) in [5.41, 5.74) is 0.826. The summed E-state index contributed by atoms with van der Waals surface area (Å²) in [6.45, 7) is 0. The van der Waals surface area contributed by atoms with E-state index in [9.17, 15) is 13.2 Å². The van der Waals surface area contributed by atoms with Gasteiger partial charge in [-0.1, -0.05) is 18.2 Å². The fraction of sp³-hybridized carbons (Fsp3) is 0. The van der Waals surface area contributed by atoms with E-state index in [0.717, 1.165) is 0 Å². The Labute approximate surface area is 143 Å². The van der Waals surface area contributed by atoms with E-state index in [-0.39, 0.29) is 10.8 Å². The second-order valence-corrected chi connectivity index (χ2v) is 7.36. The molecule has 0 fully saturated rings. The molecule has 0 bridgehead atoms. The number of sulfonamides is 1. The third-order valence-corrected chi connectivity index (χ3v) is 5.19. The summed E-state index contributed by atoms with van der Waals surface area (Å²) in [5, 5.41) is 4.88. The zero-order chi connectivity index (χ0) is 17.0. The minimum atomic E-state index is -3.70. The van der Waals surface area contributed by atoms with Crippen LogP contribution < -0.4 is 10.0 Å². The fourth-order valence-electron chi connectivity index (χ4n) is 1.96. The van der Waals surface area contributed by atoms with Crippen LogP contribution in [0.1, 0.15) is 10.4 Å². The first-order valence-corrected chi connectivity index (χ1v) is 9.30. The van der Waals surface area contributed by atoms with Gasteiger partial charge in [0.25, 0.3) is 15.9 Å². The first kappa shape index (κ1) is 16.2. The first-order chi connectivity index (χ1) is 11.5. The number of anilines is 2. The van der Waals surface area contributed by atoms with Gasteiger partial charge in [0.15, 0.2) is 5.13 Å². The highest BCUT2D eigenvalue weighted by Crippen LogP contribution is 2.17. The van der Waals surface area contributed by atoms with Gasteiger partial charge in [0.1, 0.15) is 0 Å². The molecule has 3 aromatic rings. The molecule has 0 atom stereocenters. The fourth-order valence-corrected chi connectivity index (χ4v) is 3.54. The summed E-state index contributed by atoms with van der Waals surface area (Å²) >= 11 is 1.31. The lowest BCUT2D eigenvalue weighted by Gasteiger charge is -2.08. The minimum absolute atomic E-state index is 0.0807. The number of thiazole rings is 1. The van der Waals surface area contributed by atoms with Crippen molar-refractivity contribution >= 4 is 38.1 Å². The molecule has 1 amide bonds. The average Bonchev–Trinajstić information content (AvgIpc) is 3.08. The van der Waals surface area contributed by atoms with Crippen LogP contribution in [0.2, 0.25) is 0 Å². The molecule has 1 heterocycles. The highest BCUT2D eigenvalue weighted by atomic mass is 32.2. The molecule has 3 rings (SSSR count). The highest BCUT2D eigenvalue weighted by molar-refractivity contribution is 7.92. The maximum Gasteiger partial charge on any atom is 0.261 e. The number of amides is 1. The van der Waals surface area contributed by atoms with Gasteiger partial charge >= 0.3 is 0 Å². The molecule has 0 aliphatic rings. The van der Waals surface area contributed by atoms with E-state index >= 15 is 0 Å². The normalized spacial score (nSPS) is 11.0. The predicted octanol–water partition coefficient (Wildman–Crippen LogP) is 3.20. The number of aromatic nitrogens is 1. The molecule has 0 saturated carbocycles. The van der Waals surface area contributed by atoms with E-state index in [0.29, 0.717) is 16.4 Å². The van der Waals surface area contributed by atoms with E-state index in [1.54, 1.807) is 41.9 Å². The van der Waals surface area contributed by atoms with Crippen molar-refractivity contribution in [2.45, 2.75) is 4.90 Å². The van der Waals surface area contributed by atoms with Crippen molar-refractivity contribution in [1.82, 2.24) is 4.98 Å². The van der Waals surface area contributed by atoms with Crippen LogP contribution in [0.25, 0.3) is 0 Å². The monoisotopic (exact) mass is 359 g/mol. The summed E-state index contributed by atoms with van der Waals surface area (Å²) in [5.74, 6) is -0.343. The first-order valence-electron chi connectivity index (χ1n) is 6.93. The molecule has 0 saturated heterocycles. The zero-order valence-electron chi connectivity index (χ0n) is 12.3. The van der Waals surface area contributed by atoms with Crippen molar-refractivity contribution in [3.05, 3.63) is 71.7 Å². The van der Waals surface area contributed by atoms with Crippen LogP contribution in [0.4, 0.5) is 10.8 Å². The Hall–Kier alpha value is -2.71. The molecule has 24 heavy (non-hydrogen) atoms. The van der Waals surface area contributed by atoms with Gasteiger partial charge in [0.2, 0.25) is 0 Å². The van der Waals surface area contributed by atoms with Gasteiger partial charge < -0.3 is 0 Å². The summed E-state index contributed by atoms with van der Waals surface area (Å²) in [7, 11) is -3.70. The molecule has 0 aliphatic carbocycles. The number of hydrogen-bond donors (Lipinski definition) is 2. The van der Waals surface area contributed by atoms with Crippen LogP contribution >= 0.6 is 11.3 Å². The zero-order valence-corrected chi connectivity index (χ0v) is 14.0. The number of carbonyl (C=O) groups excluding carboxylic acids is 1. The number of carbonyl (C=O) groups is 1. The average molecular weight is 359 g/mol. The van der Waals surface area contributed by atoms with Crippen molar-refractivity contribution in [2.75, 3.05) is 10.0 Å². The van der Waals surface area contributed by atoms with E-state index in [4.69, 9.17) is 0 Å². The molecule has 0 spiro atoms. The Balaban J connectivity index is 1.75. The van der Waals surface area contributed by atoms with Gasteiger partial charge in [-0.15, -0.1) is 11.3 Å². The summed E-state index contributed by atoms with van der Waals surface area (Å²) in [6, 6.07) is 14.3. The van der Waals surface area contributed by atoms with Gasteiger partial charge in [-0.25, -0.2) is 13.4 Å². The number of hydrogen-bond acceptors (Lipinski definition) is 5. The number of rotatable bonds is 5. The van der Waals surface area contributed by atoms with E-state index in [1.165, 1.54) is 35.6 Å². The van der Waals surface area contributed by atoms with Crippen LogP contribution in [0.5, 0.6) is 0 Å². The number of benzene rings is 2. The van der Waals surface area contributed by atoms with Crippen LogP contribution in [-0.4, -0.2) is 19.3 Å². The molecule has 0 aliphatic heterocycles. The molecule has 122 valence electrons. The SMILES string of the molecule is O=C(Nc1nccs1)c1ccc(S(=O)(=O)Nc2ccccc2)cc1. The maximum absolute atomic E-state index is 12.3. The minimum Gasteiger partial charge on any atom is -0.298 e. The second-order valence-electron chi connectivity index (χ2n) is 4.79. The van der Waals surface area contributed by atoms with Gasteiger partial charge in [0, 0.05) is 22.8 Å². The largest absolute Gasteiger partial charge is 0.298 e. The molecular formula is C16H13N3O3S2. The predicted molar refractivity (Wildman–Crippen MR) is 93.8 cm³/mol. The number of nitrogens with one attached hydrogen (secondary N) is 2. The number of nitrogens with zero attached hydrogens (tertiary/aromatic N) is 1. The van der Waals surface area contributed by atoms with Crippen molar-refractivity contribution in [3.8, 4) is 0 Å². The lowest BCUT2D eigenvalue weighted by atomic mass is 10.2. The topological polar surface area (TPSA) is 88.2 Å². The Morgan fingerprint density at radius 2 is 1.71 bits per heavy atom. The molecular weight excluding hydrogens is 346 g/mol. The Morgan fingerprint density at radius 3 is 2.33 bits per heavy atom. The van der Waals surface area contributed by atoms with Gasteiger partial charge in [-0.2, -0.15) is 0 Å². The van der Waals surface area contributed by atoms with Crippen LogP contribution in [0.15, 0.2) is 71.1 Å². The van der Waals surface area contributed by atoms with Gasteiger partial charge in [0.05, 0.1) is 4.90 Å². The smallest absolute Gasteiger partial charge is 0.261 e. The third-order valence-electron chi connectivity index (χ3n) is 3.11. The Bertz CT molecular complexity index is 922. The van der Waals surface area contributed by atoms with Gasteiger partial charge in [-0.3, -0.25) is 14.8 Å². The molecule has 0 radical (unpaired) electrons. The van der Waals surface area contributed by atoms with Crippen molar-refractivity contribution in [2.24, 2.45) is 0 Å². The second kappa shape index (κ2) is 6.81. The molecule has 0 unspecified atom stereocenters. The summed E-state index contributed by atoms with van der Waals surface area (Å²) in [4.78, 5) is 16.1. The highest BCUT2D eigenvalue weighted by Gasteiger charge is 2.15. The standard InChI is InChI=1S/C16H13N3O3S2/c20-15(18-16-17-10-11-23-16)12-6-8-14(9-7-12)24(21,22)19-13-4-2-1-3-5-13/h1-11,19H,(H,17,18,20). The third kappa shape index (κ3) is 3.79.